The van der Waals surface area contributed by atoms with E-state index in [4.69, 9.17) is 0 Å². The van der Waals surface area contributed by atoms with E-state index in [0.717, 1.165) is 12.8 Å². The van der Waals surface area contributed by atoms with E-state index in [1.165, 1.54) is 11.1 Å². The molecule has 0 rings (SSSR count). The summed E-state index contributed by atoms with van der Waals surface area (Å²) in [7, 11) is 0. The average molecular weight is 194 g/mol. The zero-order valence-corrected chi connectivity index (χ0v) is 10.1. The molecule has 0 aromatic heterocycles. The number of carbonyl (C=O) groups excluding carboxylic acids is 1. The minimum atomic E-state index is 0.119. The third kappa shape index (κ3) is 6.64. The third-order valence-corrected chi connectivity index (χ3v) is 2.05. The molecule has 0 fully saturated rings. The lowest BCUT2D eigenvalue weighted by Gasteiger charge is -2.01. The average Bonchev–Trinajstić information content (AvgIpc) is 2.02. The minimum Gasteiger partial charge on any atom is -0.295 e. The Labute approximate surface area is 87.9 Å². The van der Waals surface area contributed by atoms with Crippen molar-refractivity contribution in [2.75, 3.05) is 0 Å². The molecule has 0 atom stereocenters. The van der Waals surface area contributed by atoms with Crippen LogP contribution in [0.4, 0.5) is 0 Å². The second-order valence-corrected chi connectivity index (χ2v) is 4.37. The van der Waals surface area contributed by atoms with Crippen molar-refractivity contribution in [3.05, 3.63) is 23.3 Å². The zero-order chi connectivity index (χ0) is 11.1. The molecule has 0 aromatic carbocycles. The maximum absolute atomic E-state index is 11.4. The molecule has 1 nitrogen and oxygen atoms in total. The fourth-order valence-corrected chi connectivity index (χ4v) is 1.07. The summed E-state index contributed by atoms with van der Waals surface area (Å²) < 4.78 is 0. The van der Waals surface area contributed by atoms with Gasteiger partial charge in [0.25, 0.3) is 0 Å². The Morgan fingerprint density at radius 1 is 1.21 bits per heavy atom. The normalized spacial score (nSPS) is 11.7. The molecule has 0 aliphatic carbocycles. The molecule has 0 aliphatic heterocycles. The maximum atomic E-state index is 11.4. The molecule has 0 amide bonds. The smallest absolute Gasteiger partial charge is 0.158 e. The predicted molar refractivity (Wildman–Crippen MR) is 62.3 cm³/mol. The zero-order valence-electron chi connectivity index (χ0n) is 10.1. The van der Waals surface area contributed by atoms with Crippen LogP contribution in [0.25, 0.3) is 0 Å². The van der Waals surface area contributed by atoms with Gasteiger partial charge in [-0.15, -0.1) is 0 Å². The Bertz CT molecular complexity index is 240. The van der Waals surface area contributed by atoms with Gasteiger partial charge in [0.2, 0.25) is 0 Å². The summed E-state index contributed by atoms with van der Waals surface area (Å²) in [4.78, 5) is 11.4. The van der Waals surface area contributed by atoms with Crippen molar-refractivity contribution in [3.8, 4) is 0 Å². The first-order valence-corrected chi connectivity index (χ1v) is 5.28. The monoisotopic (exact) mass is 194 g/mol. The molecule has 1 heteroatoms. The lowest BCUT2D eigenvalue weighted by Crippen LogP contribution is -2.03. The van der Waals surface area contributed by atoms with Crippen molar-refractivity contribution in [1.29, 1.82) is 0 Å². The van der Waals surface area contributed by atoms with Gasteiger partial charge in [0, 0.05) is 5.92 Å². The topological polar surface area (TPSA) is 17.1 Å². The molecule has 0 spiro atoms. The van der Waals surface area contributed by atoms with Gasteiger partial charge in [-0.1, -0.05) is 31.1 Å². The van der Waals surface area contributed by atoms with Gasteiger partial charge in [-0.2, -0.15) is 0 Å². The molecule has 0 radical (unpaired) electrons. The first kappa shape index (κ1) is 13.2. The number of hydrogen-bond donors (Lipinski definition) is 0. The fourth-order valence-electron chi connectivity index (χ4n) is 1.07. The molecule has 0 unspecified atom stereocenters. The largest absolute Gasteiger partial charge is 0.295 e. The number of rotatable bonds is 5. The van der Waals surface area contributed by atoms with Crippen molar-refractivity contribution >= 4 is 5.78 Å². The van der Waals surface area contributed by atoms with Gasteiger partial charge in [0.1, 0.15) is 0 Å². The first-order valence-electron chi connectivity index (χ1n) is 5.28. The SMILES string of the molecule is CC(C)=CCC/C(C)=C/C(=O)C(C)C. The van der Waals surface area contributed by atoms with E-state index in [-0.39, 0.29) is 11.7 Å². The lowest BCUT2D eigenvalue weighted by molar-refractivity contribution is -0.117. The first-order chi connectivity index (χ1) is 6.43. The summed E-state index contributed by atoms with van der Waals surface area (Å²) in [6, 6.07) is 0. The van der Waals surface area contributed by atoms with E-state index in [0.29, 0.717) is 0 Å². The van der Waals surface area contributed by atoms with Crippen molar-refractivity contribution < 1.29 is 4.79 Å². The van der Waals surface area contributed by atoms with Crippen LogP contribution < -0.4 is 0 Å². The molecular formula is C13H22O. The van der Waals surface area contributed by atoms with Gasteiger partial charge in [0.15, 0.2) is 5.78 Å². The van der Waals surface area contributed by atoms with Crippen molar-refractivity contribution in [2.24, 2.45) is 5.92 Å². The van der Waals surface area contributed by atoms with E-state index in [9.17, 15) is 4.79 Å². The van der Waals surface area contributed by atoms with Crippen LogP contribution in [0.5, 0.6) is 0 Å². The molecule has 0 N–H and O–H groups in total. The predicted octanol–water partition coefficient (Wildman–Crippen LogP) is 3.90. The highest BCUT2D eigenvalue weighted by atomic mass is 16.1. The van der Waals surface area contributed by atoms with E-state index >= 15 is 0 Å². The fraction of sp³-hybridized carbons (Fsp3) is 0.615. The van der Waals surface area contributed by atoms with Crippen LogP contribution in [0, 0.1) is 5.92 Å². The van der Waals surface area contributed by atoms with Crippen LogP contribution in [0.3, 0.4) is 0 Å². The summed E-state index contributed by atoms with van der Waals surface area (Å²) >= 11 is 0. The molecule has 80 valence electrons. The van der Waals surface area contributed by atoms with Crippen LogP contribution >= 0.6 is 0 Å². The van der Waals surface area contributed by atoms with Crippen LogP contribution in [0.1, 0.15) is 47.5 Å². The summed E-state index contributed by atoms with van der Waals surface area (Å²) in [6.07, 6.45) is 6.01. The van der Waals surface area contributed by atoms with Crippen molar-refractivity contribution in [1.82, 2.24) is 0 Å². The van der Waals surface area contributed by atoms with Gasteiger partial charge >= 0.3 is 0 Å². The third-order valence-electron chi connectivity index (χ3n) is 2.05. The van der Waals surface area contributed by atoms with Crippen molar-refractivity contribution in [2.45, 2.75) is 47.5 Å². The number of allylic oxidation sites excluding steroid dienone is 4. The van der Waals surface area contributed by atoms with Crippen LogP contribution in [0.15, 0.2) is 23.3 Å². The Morgan fingerprint density at radius 2 is 1.79 bits per heavy atom. The van der Waals surface area contributed by atoms with E-state index in [1.807, 2.05) is 20.8 Å². The van der Waals surface area contributed by atoms with Gasteiger partial charge in [-0.3, -0.25) is 4.79 Å². The van der Waals surface area contributed by atoms with Crippen LogP contribution in [-0.2, 0) is 4.79 Å². The van der Waals surface area contributed by atoms with Gasteiger partial charge in [0.05, 0.1) is 0 Å². The Hall–Kier alpha value is -0.850. The van der Waals surface area contributed by atoms with E-state index in [1.54, 1.807) is 6.08 Å². The highest BCUT2D eigenvalue weighted by Crippen LogP contribution is 2.08. The molecule has 14 heavy (non-hydrogen) atoms. The van der Waals surface area contributed by atoms with E-state index < -0.39 is 0 Å². The van der Waals surface area contributed by atoms with E-state index in [2.05, 4.69) is 19.9 Å². The van der Waals surface area contributed by atoms with Gasteiger partial charge < -0.3 is 0 Å². The summed E-state index contributed by atoms with van der Waals surface area (Å²) in [5, 5.41) is 0. The highest BCUT2D eigenvalue weighted by molar-refractivity contribution is 5.91. The quantitative estimate of drug-likeness (QED) is 0.479. The second-order valence-electron chi connectivity index (χ2n) is 4.37. The Balaban J connectivity index is 4.02. The molecule has 0 aliphatic rings. The maximum Gasteiger partial charge on any atom is 0.158 e. The molecule has 0 aromatic rings. The standard InChI is InChI=1S/C13H22O/c1-10(2)7-6-8-12(5)9-13(14)11(3)4/h7,9,11H,6,8H2,1-5H3/b12-9+. The second kappa shape index (κ2) is 6.58. The number of hydrogen-bond acceptors (Lipinski definition) is 1. The molecule has 0 saturated carbocycles. The van der Waals surface area contributed by atoms with Crippen LogP contribution in [0.2, 0.25) is 0 Å². The Kier molecular flexibility index (Phi) is 6.18. The highest BCUT2D eigenvalue weighted by Gasteiger charge is 2.03. The summed E-state index contributed by atoms with van der Waals surface area (Å²) in [5.74, 6) is 0.355. The van der Waals surface area contributed by atoms with Crippen LogP contribution in [-0.4, -0.2) is 5.78 Å². The molecule has 0 saturated heterocycles. The molecular weight excluding hydrogens is 172 g/mol. The van der Waals surface area contributed by atoms with Gasteiger partial charge in [-0.25, -0.2) is 0 Å². The number of ketones is 1. The Morgan fingerprint density at radius 3 is 2.21 bits per heavy atom. The van der Waals surface area contributed by atoms with Gasteiger partial charge in [-0.05, 0) is 39.7 Å². The molecule has 0 heterocycles. The minimum absolute atomic E-state index is 0.119. The summed E-state index contributed by atoms with van der Waals surface area (Å²) in [5.41, 5.74) is 2.52. The lowest BCUT2D eigenvalue weighted by atomic mass is 10.0. The number of carbonyl (C=O) groups is 1. The van der Waals surface area contributed by atoms with Crippen molar-refractivity contribution in [3.63, 3.8) is 0 Å². The summed E-state index contributed by atoms with van der Waals surface area (Å²) in [6.45, 7) is 10.1. The molecule has 0 bridgehead atoms.